The van der Waals surface area contributed by atoms with E-state index in [2.05, 4.69) is 0 Å². The summed E-state index contributed by atoms with van der Waals surface area (Å²) in [7, 11) is -0.510. The lowest BCUT2D eigenvalue weighted by molar-refractivity contribution is 0.398. The molecule has 0 saturated carbocycles. The summed E-state index contributed by atoms with van der Waals surface area (Å²) < 4.78 is 35.6. The first kappa shape index (κ1) is 19.6. The molecule has 144 valence electrons. The average Bonchev–Trinajstić information content (AvgIpc) is 2.73. The van der Waals surface area contributed by atoms with Crippen LogP contribution in [-0.2, 0) is 4.57 Å². The van der Waals surface area contributed by atoms with Crippen LogP contribution < -0.4 is 18.5 Å². The Hall–Kier alpha value is -3.17. The first-order valence-corrected chi connectivity index (χ1v) is 10.2. The number of rotatable bonds is 8. The van der Waals surface area contributed by atoms with Crippen LogP contribution in [0.1, 0.15) is 5.56 Å². The van der Waals surface area contributed by atoms with Gasteiger partial charge in [0.15, 0.2) is 0 Å². The average molecular weight is 396 g/mol. The molecule has 0 aromatic heterocycles. The maximum atomic E-state index is 13.5. The molecule has 0 fully saturated rings. The predicted molar refractivity (Wildman–Crippen MR) is 110 cm³/mol. The normalized spacial score (nSPS) is 11.2. The Kier molecular flexibility index (Phi) is 6.41. The van der Waals surface area contributed by atoms with Crippen molar-refractivity contribution in [2.24, 2.45) is 0 Å². The Morgan fingerprint density at radius 3 is 1.79 bits per heavy atom. The van der Waals surface area contributed by atoms with E-state index >= 15 is 0 Å². The second-order valence-corrected chi connectivity index (χ2v) is 7.52. The molecule has 5 nitrogen and oxygen atoms in total. The van der Waals surface area contributed by atoms with E-state index in [1.165, 1.54) is 5.82 Å². The quantitative estimate of drug-likeness (QED) is 0.436. The third kappa shape index (κ3) is 5.18. The van der Waals surface area contributed by atoms with Gasteiger partial charge in [-0.05, 0) is 48.5 Å². The molecule has 0 amide bonds. The molecule has 3 aromatic rings. The molecule has 6 heteroatoms. The Morgan fingerprint density at radius 2 is 1.29 bits per heavy atom. The van der Waals surface area contributed by atoms with Gasteiger partial charge in [-0.25, -0.2) is 4.57 Å². The molecule has 28 heavy (non-hydrogen) atoms. The molecule has 0 N–H and O–H groups in total. The van der Waals surface area contributed by atoms with Crippen molar-refractivity contribution in [3.8, 4) is 23.0 Å². The Balaban J connectivity index is 1.95. The largest absolute Gasteiger partial charge is 0.497 e. The van der Waals surface area contributed by atoms with Crippen molar-refractivity contribution >= 4 is 13.7 Å². The number of benzene rings is 3. The van der Waals surface area contributed by atoms with Crippen molar-refractivity contribution in [1.29, 1.82) is 0 Å². The number of ether oxygens (including phenoxy) is 2. The number of hydrogen-bond acceptors (Lipinski definition) is 5. The standard InChI is InChI=1S/C22H21O5P/c1-24-21-13-14-22(25-2)18(17-21)15-16-28(23,26-19-9-5-3-6-10-19)27-20-11-7-4-8-12-20/h3-17H,1-2H3/b16-15+. The molecule has 3 aromatic carbocycles. The lowest BCUT2D eigenvalue weighted by Gasteiger charge is -2.17. The van der Waals surface area contributed by atoms with Crippen LogP contribution in [0, 0.1) is 0 Å². The van der Waals surface area contributed by atoms with Gasteiger partial charge in [-0.15, -0.1) is 0 Å². The van der Waals surface area contributed by atoms with Gasteiger partial charge in [0.2, 0.25) is 0 Å². The van der Waals surface area contributed by atoms with E-state index in [0.29, 0.717) is 28.6 Å². The molecular formula is C22H21O5P. The Labute approximate surface area is 164 Å². The zero-order valence-electron chi connectivity index (χ0n) is 15.6. The predicted octanol–water partition coefficient (Wildman–Crippen LogP) is 6.03. The second kappa shape index (κ2) is 9.16. The summed E-state index contributed by atoms with van der Waals surface area (Å²) in [4.78, 5) is 0. The van der Waals surface area contributed by atoms with Crippen molar-refractivity contribution in [3.63, 3.8) is 0 Å². The number of hydrogen-bond donors (Lipinski definition) is 0. The fourth-order valence-corrected chi connectivity index (χ4v) is 3.81. The van der Waals surface area contributed by atoms with E-state index < -0.39 is 7.60 Å². The molecule has 0 aliphatic heterocycles. The molecule has 0 saturated heterocycles. The molecular weight excluding hydrogens is 375 g/mol. The van der Waals surface area contributed by atoms with Crippen LogP contribution in [0.2, 0.25) is 0 Å². The maximum absolute atomic E-state index is 13.5. The molecule has 0 bridgehead atoms. The third-order valence-electron chi connectivity index (χ3n) is 3.83. The zero-order valence-corrected chi connectivity index (χ0v) is 16.5. The molecule has 0 radical (unpaired) electrons. The topological polar surface area (TPSA) is 54.0 Å². The van der Waals surface area contributed by atoms with Crippen LogP contribution in [0.5, 0.6) is 23.0 Å². The van der Waals surface area contributed by atoms with E-state index in [4.69, 9.17) is 18.5 Å². The Morgan fingerprint density at radius 1 is 0.714 bits per heavy atom. The zero-order chi connectivity index (χ0) is 19.8. The second-order valence-electron chi connectivity index (χ2n) is 5.77. The summed E-state index contributed by atoms with van der Waals surface area (Å²) in [5, 5.41) is 0. The summed E-state index contributed by atoms with van der Waals surface area (Å²) in [6, 6.07) is 23.2. The minimum atomic E-state index is -3.66. The first-order chi connectivity index (χ1) is 13.6. The summed E-state index contributed by atoms with van der Waals surface area (Å²) in [6.07, 6.45) is 1.65. The monoisotopic (exact) mass is 396 g/mol. The fraction of sp³-hybridized carbons (Fsp3) is 0.0909. The number of methoxy groups -OCH3 is 2. The fourth-order valence-electron chi connectivity index (χ4n) is 2.48. The highest BCUT2D eigenvalue weighted by molar-refractivity contribution is 7.58. The highest BCUT2D eigenvalue weighted by atomic mass is 31.2. The van der Waals surface area contributed by atoms with Gasteiger partial charge in [-0.2, -0.15) is 0 Å². The van der Waals surface area contributed by atoms with Crippen LogP contribution in [0.3, 0.4) is 0 Å². The van der Waals surface area contributed by atoms with E-state index in [-0.39, 0.29) is 0 Å². The van der Waals surface area contributed by atoms with Gasteiger partial charge < -0.3 is 18.5 Å². The van der Waals surface area contributed by atoms with Crippen molar-refractivity contribution in [2.45, 2.75) is 0 Å². The minimum Gasteiger partial charge on any atom is -0.497 e. The van der Waals surface area contributed by atoms with Crippen LogP contribution in [0.25, 0.3) is 6.08 Å². The molecule has 0 unspecified atom stereocenters. The van der Waals surface area contributed by atoms with Gasteiger partial charge >= 0.3 is 7.60 Å². The van der Waals surface area contributed by atoms with Crippen molar-refractivity contribution < 1.29 is 23.1 Å². The summed E-state index contributed by atoms with van der Waals surface area (Å²) in [5.41, 5.74) is 0.690. The molecule has 3 rings (SSSR count). The van der Waals surface area contributed by atoms with E-state index in [1.54, 1.807) is 87.0 Å². The first-order valence-electron chi connectivity index (χ1n) is 8.62. The lowest BCUT2D eigenvalue weighted by atomic mass is 10.2. The summed E-state index contributed by atoms with van der Waals surface area (Å²) in [5.74, 6) is 3.59. The summed E-state index contributed by atoms with van der Waals surface area (Å²) in [6.45, 7) is 0. The van der Waals surface area contributed by atoms with E-state index in [9.17, 15) is 4.57 Å². The molecule has 0 spiro atoms. The van der Waals surface area contributed by atoms with Gasteiger partial charge in [-0.1, -0.05) is 36.4 Å². The van der Waals surface area contributed by atoms with Crippen molar-refractivity contribution in [3.05, 3.63) is 90.2 Å². The van der Waals surface area contributed by atoms with E-state index in [0.717, 1.165) is 0 Å². The van der Waals surface area contributed by atoms with Crippen molar-refractivity contribution in [2.75, 3.05) is 14.2 Å². The van der Waals surface area contributed by atoms with Crippen LogP contribution in [-0.4, -0.2) is 14.2 Å². The van der Waals surface area contributed by atoms with Gasteiger partial charge in [0, 0.05) is 5.56 Å². The van der Waals surface area contributed by atoms with Gasteiger partial charge in [0.1, 0.15) is 23.0 Å². The smallest absolute Gasteiger partial charge is 0.455 e. The highest BCUT2D eigenvalue weighted by Gasteiger charge is 2.25. The molecule has 0 atom stereocenters. The van der Waals surface area contributed by atoms with Gasteiger partial charge in [0.05, 0.1) is 20.0 Å². The van der Waals surface area contributed by atoms with Gasteiger partial charge in [0.25, 0.3) is 0 Å². The lowest BCUT2D eigenvalue weighted by Crippen LogP contribution is -1.98. The molecule has 0 heterocycles. The van der Waals surface area contributed by atoms with Gasteiger partial charge in [-0.3, -0.25) is 0 Å². The van der Waals surface area contributed by atoms with E-state index in [1.807, 2.05) is 12.1 Å². The Bertz CT molecular complexity index is 925. The molecule has 0 aliphatic carbocycles. The molecule has 0 aliphatic rings. The summed E-state index contributed by atoms with van der Waals surface area (Å²) >= 11 is 0. The minimum absolute atomic E-state index is 0.448. The maximum Gasteiger partial charge on any atom is 0.455 e. The van der Waals surface area contributed by atoms with Crippen LogP contribution in [0.4, 0.5) is 0 Å². The van der Waals surface area contributed by atoms with Crippen LogP contribution >= 0.6 is 7.60 Å². The van der Waals surface area contributed by atoms with Crippen LogP contribution in [0.15, 0.2) is 84.7 Å². The van der Waals surface area contributed by atoms with Crippen molar-refractivity contribution in [1.82, 2.24) is 0 Å². The SMILES string of the molecule is COc1ccc(OC)c(/C=C/P(=O)(Oc2ccccc2)Oc2ccccc2)c1. The number of para-hydroxylation sites is 2. The third-order valence-corrected chi connectivity index (χ3v) is 5.27. The highest BCUT2D eigenvalue weighted by Crippen LogP contribution is 2.50.